The molecule has 0 amide bonds. The SMILES string of the molecule is c1ccc([Si](OC2C3CC4CC(C3)CC2C4)OC2C3CC4CC(C3)CC2C4)cc1. The summed E-state index contributed by atoms with van der Waals surface area (Å²) in [6.45, 7) is 0. The highest BCUT2D eigenvalue weighted by Crippen LogP contribution is 2.56. The van der Waals surface area contributed by atoms with Crippen LogP contribution in [-0.4, -0.2) is 21.5 Å². The van der Waals surface area contributed by atoms with Crippen molar-refractivity contribution in [1.29, 1.82) is 0 Å². The molecule has 0 N–H and O–H groups in total. The molecule has 8 aliphatic carbocycles. The lowest BCUT2D eigenvalue weighted by molar-refractivity contribution is -0.112. The van der Waals surface area contributed by atoms with Gasteiger partial charge in [0, 0.05) is 0 Å². The molecule has 0 aromatic heterocycles. The minimum Gasteiger partial charge on any atom is -0.386 e. The van der Waals surface area contributed by atoms with Gasteiger partial charge in [-0.15, -0.1) is 0 Å². The molecule has 3 heteroatoms. The van der Waals surface area contributed by atoms with Gasteiger partial charge in [-0.25, -0.2) is 0 Å². The standard InChI is InChI=1S/C26H35O2Si/c1-2-4-24(5-3-1)29(27-25-20-8-16-6-17(10-20)11-21(25)9-16)28-26-22-12-18-7-19(14-22)15-23(26)13-18/h1-5,16-23,25-26H,6-15H2. The maximum atomic E-state index is 7.10. The molecule has 1 aromatic rings. The predicted molar refractivity (Wildman–Crippen MR) is 116 cm³/mol. The minimum atomic E-state index is -1.41. The Kier molecular flexibility index (Phi) is 4.30. The average molecular weight is 408 g/mol. The first-order valence-electron chi connectivity index (χ1n) is 12.5. The summed E-state index contributed by atoms with van der Waals surface area (Å²) >= 11 is 0. The van der Waals surface area contributed by atoms with E-state index in [1.165, 1.54) is 69.4 Å². The Morgan fingerprint density at radius 1 is 0.517 bits per heavy atom. The molecule has 0 saturated heterocycles. The first-order valence-corrected chi connectivity index (χ1v) is 13.9. The molecule has 8 saturated carbocycles. The summed E-state index contributed by atoms with van der Waals surface area (Å²) in [6.07, 6.45) is 15.4. The quantitative estimate of drug-likeness (QED) is 0.635. The third-order valence-electron chi connectivity index (χ3n) is 9.78. The Hall–Kier alpha value is -0.643. The van der Waals surface area contributed by atoms with E-state index in [9.17, 15) is 0 Å². The van der Waals surface area contributed by atoms with E-state index in [0.717, 1.165) is 47.3 Å². The number of hydrogen-bond acceptors (Lipinski definition) is 2. The van der Waals surface area contributed by atoms with Gasteiger partial charge in [0.1, 0.15) is 0 Å². The fourth-order valence-corrected chi connectivity index (χ4v) is 11.2. The van der Waals surface area contributed by atoms with Gasteiger partial charge in [0.2, 0.25) is 0 Å². The van der Waals surface area contributed by atoms with Gasteiger partial charge in [-0.2, -0.15) is 0 Å². The van der Waals surface area contributed by atoms with Crippen molar-refractivity contribution >= 4 is 14.5 Å². The van der Waals surface area contributed by atoms with Gasteiger partial charge in [-0.05, 0) is 117 Å². The molecule has 8 aliphatic rings. The summed E-state index contributed by atoms with van der Waals surface area (Å²) in [5.74, 6) is 7.30. The van der Waals surface area contributed by atoms with Gasteiger partial charge < -0.3 is 8.85 Å². The van der Waals surface area contributed by atoms with Gasteiger partial charge in [0.15, 0.2) is 0 Å². The Balaban J connectivity index is 1.14. The summed E-state index contributed by atoms with van der Waals surface area (Å²) in [6, 6.07) is 11.1. The van der Waals surface area contributed by atoms with Crippen LogP contribution in [0.4, 0.5) is 0 Å². The third kappa shape index (κ3) is 3.10. The highest BCUT2D eigenvalue weighted by molar-refractivity contribution is 6.61. The number of benzene rings is 1. The van der Waals surface area contributed by atoms with Crippen molar-refractivity contribution in [2.45, 2.75) is 76.4 Å². The van der Waals surface area contributed by atoms with Crippen molar-refractivity contribution in [3.8, 4) is 0 Å². The molecular formula is C26H35O2Si. The van der Waals surface area contributed by atoms with Crippen molar-refractivity contribution < 1.29 is 8.85 Å². The van der Waals surface area contributed by atoms with E-state index < -0.39 is 9.28 Å². The second-order valence-electron chi connectivity index (χ2n) is 11.7. The second-order valence-corrected chi connectivity index (χ2v) is 13.3. The normalized spacial score (nSPS) is 49.3. The van der Waals surface area contributed by atoms with Crippen LogP contribution in [0, 0.1) is 47.3 Å². The smallest absolute Gasteiger partial charge is 0.386 e. The highest BCUT2D eigenvalue weighted by Gasteiger charge is 2.52. The molecule has 0 heterocycles. The van der Waals surface area contributed by atoms with Crippen LogP contribution in [0.1, 0.15) is 64.2 Å². The van der Waals surface area contributed by atoms with Crippen molar-refractivity contribution in [3.05, 3.63) is 30.3 Å². The Morgan fingerprint density at radius 3 is 1.28 bits per heavy atom. The highest BCUT2D eigenvalue weighted by atomic mass is 28.3. The van der Waals surface area contributed by atoms with Crippen LogP contribution in [0.5, 0.6) is 0 Å². The van der Waals surface area contributed by atoms with E-state index in [-0.39, 0.29) is 0 Å². The average Bonchev–Trinajstić information content (AvgIpc) is 2.71. The van der Waals surface area contributed by atoms with Gasteiger partial charge in [-0.3, -0.25) is 0 Å². The largest absolute Gasteiger partial charge is 0.424 e. The molecule has 8 fully saturated rings. The van der Waals surface area contributed by atoms with E-state index in [1.54, 1.807) is 0 Å². The molecule has 0 spiro atoms. The van der Waals surface area contributed by atoms with E-state index in [2.05, 4.69) is 30.3 Å². The fraction of sp³-hybridized carbons (Fsp3) is 0.769. The zero-order valence-electron chi connectivity index (χ0n) is 17.5. The fourth-order valence-electron chi connectivity index (χ4n) is 9.12. The molecule has 155 valence electrons. The molecular weight excluding hydrogens is 372 g/mol. The van der Waals surface area contributed by atoms with Crippen LogP contribution in [-0.2, 0) is 8.85 Å². The Morgan fingerprint density at radius 2 is 0.897 bits per heavy atom. The van der Waals surface area contributed by atoms with Crippen LogP contribution in [0.25, 0.3) is 0 Å². The van der Waals surface area contributed by atoms with E-state index in [1.807, 2.05) is 0 Å². The topological polar surface area (TPSA) is 18.5 Å². The monoisotopic (exact) mass is 407 g/mol. The predicted octanol–water partition coefficient (Wildman–Crippen LogP) is 5.06. The lowest BCUT2D eigenvalue weighted by atomic mass is 9.55. The number of rotatable bonds is 5. The second kappa shape index (κ2) is 6.93. The Labute approximate surface area is 177 Å². The van der Waals surface area contributed by atoms with Crippen molar-refractivity contribution in [1.82, 2.24) is 0 Å². The zero-order chi connectivity index (χ0) is 18.9. The Bertz CT molecular complexity index is 648. The van der Waals surface area contributed by atoms with E-state index in [0.29, 0.717) is 12.2 Å². The molecule has 1 aromatic carbocycles. The minimum absolute atomic E-state index is 0.480. The molecule has 9 rings (SSSR count). The summed E-state index contributed by atoms with van der Waals surface area (Å²) < 4.78 is 14.2. The van der Waals surface area contributed by atoms with Crippen molar-refractivity contribution in [2.75, 3.05) is 0 Å². The van der Waals surface area contributed by atoms with Crippen LogP contribution in [0.2, 0.25) is 0 Å². The van der Waals surface area contributed by atoms with Gasteiger partial charge in [0.25, 0.3) is 0 Å². The van der Waals surface area contributed by atoms with E-state index >= 15 is 0 Å². The molecule has 2 nitrogen and oxygen atoms in total. The van der Waals surface area contributed by atoms with E-state index in [4.69, 9.17) is 8.85 Å². The summed E-state index contributed by atoms with van der Waals surface area (Å²) in [7, 11) is -1.41. The van der Waals surface area contributed by atoms with Crippen molar-refractivity contribution in [2.24, 2.45) is 47.3 Å². The molecule has 1 radical (unpaired) electrons. The summed E-state index contributed by atoms with van der Waals surface area (Å²) in [4.78, 5) is 0. The molecule has 8 bridgehead atoms. The van der Waals surface area contributed by atoms with Crippen LogP contribution >= 0.6 is 0 Å². The molecule has 0 aliphatic heterocycles. The van der Waals surface area contributed by atoms with Gasteiger partial charge >= 0.3 is 9.28 Å². The molecule has 29 heavy (non-hydrogen) atoms. The number of hydrogen-bond donors (Lipinski definition) is 0. The lowest BCUT2D eigenvalue weighted by Gasteiger charge is -2.56. The first kappa shape index (κ1) is 18.0. The van der Waals surface area contributed by atoms with Gasteiger partial charge in [0.05, 0.1) is 12.2 Å². The zero-order valence-corrected chi connectivity index (χ0v) is 18.5. The maximum Gasteiger partial charge on any atom is 0.424 e. The molecule has 0 atom stereocenters. The third-order valence-corrected chi connectivity index (χ3v) is 11.6. The van der Waals surface area contributed by atoms with Crippen LogP contribution in [0.15, 0.2) is 30.3 Å². The van der Waals surface area contributed by atoms with Crippen LogP contribution in [0.3, 0.4) is 0 Å². The summed E-state index contributed by atoms with van der Waals surface area (Å²) in [5.41, 5.74) is 0. The maximum absolute atomic E-state index is 7.10. The molecule has 0 unspecified atom stereocenters. The lowest BCUT2D eigenvalue weighted by Crippen LogP contribution is -2.56. The van der Waals surface area contributed by atoms with Gasteiger partial charge in [-0.1, -0.05) is 30.3 Å². The van der Waals surface area contributed by atoms with Crippen LogP contribution < -0.4 is 5.19 Å². The van der Waals surface area contributed by atoms with Crippen molar-refractivity contribution in [3.63, 3.8) is 0 Å². The summed E-state index contributed by atoms with van der Waals surface area (Å²) in [5, 5.41) is 1.35. The first-order chi connectivity index (χ1) is 14.3.